The van der Waals surface area contributed by atoms with Gasteiger partial charge < -0.3 is 10.7 Å². The van der Waals surface area contributed by atoms with Gasteiger partial charge in [-0.05, 0) is 25.2 Å². The second-order valence-electron chi connectivity index (χ2n) is 6.57. The number of nitrogen functional groups attached to an aromatic ring is 1. The van der Waals surface area contributed by atoms with Gasteiger partial charge in [0.15, 0.2) is 0 Å². The van der Waals surface area contributed by atoms with E-state index >= 15 is 0 Å². The summed E-state index contributed by atoms with van der Waals surface area (Å²) in [5.74, 6) is 8.29. The molecule has 20 heavy (non-hydrogen) atoms. The largest absolute Gasteiger partial charge is 0.369 e. The molecular formula is C15H27N5. The van der Waals surface area contributed by atoms with E-state index in [2.05, 4.69) is 41.5 Å². The number of anilines is 2. The quantitative estimate of drug-likeness (QED) is 0.569. The third-order valence-electron chi connectivity index (χ3n) is 4.31. The van der Waals surface area contributed by atoms with Gasteiger partial charge in [0.05, 0.1) is 0 Å². The Balaban J connectivity index is 2.19. The number of nitrogens with one attached hydrogen (secondary N) is 2. The second kappa shape index (κ2) is 5.95. The van der Waals surface area contributed by atoms with Crippen molar-refractivity contribution in [3.05, 3.63) is 11.4 Å². The zero-order valence-corrected chi connectivity index (χ0v) is 13.1. The van der Waals surface area contributed by atoms with Gasteiger partial charge in [-0.3, -0.25) is 0 Å². The summed E-state index contributed by atoms with van der Waals surface area (Å²) in [6.45, 7) is 9.50. The lowest BCUT2D eigenvalue weighted by atomic mass is 9.89. The van der Waals surface area contributed by atoms with Crippen LogP contribution in [0.5, 0.6) is 0 Å². The van der Waals surface area contributed by atoms with Crippen molar-refractivity contribution in [3.63, 3.8) is 0 Å². The van der Waals surface area contributed by atoms with Gasteiger partial charge in [0.2, 0.25) is 0 Å². The molecule has 0 radical (unpaired) electrons. The van der Waals surface area contributed by atoms with E-state index < -0.39 is 0 Å². The summed E-state index contributed by atoms with van der Waals surface area (Å²) in [6.07, 6.45) is 5.27. The molecule has 1 heterocycles. The molecule has 1 aromatic rings. The first-order valence-electron chi connectivity index (χ1n) is 7.54. The third kappa shape index (κ3) is 3.20. The smallest absolute Gasteiger partial charge is 0.148 e. The SMILES string of the molecule is Cc1c(NN)nc(C(C)C)nc1NCC1(C)CCCC1. The highest BCUT2D eigenvalue weighted by atomic mass is 15.3. The van der Waals surface area contributed by atoms with Crippen LogP contribution in [0.25, 0.3) is 0 Å². The lowest BCUT2D eigenvalue weighted by Gasteiger charge is -2.25. The standard InChI is InChI=1S/C15H27N5/c1-10(2)12-18-13(11(3)14(19-12)20-16)17-9-15(4)7-5-6-8-15/h10H,5-9,16H2,1-4H3,(H2,17,18,19,20). The average molecular weight is 277 g/mol. The molecule has 0 saturated heterocycles. The fourth-order valence-corrected chi connectivity index (χ4v) is 2.81. The van der Waals surface area contributed by atoms with Crippen LogP contribution in [0.4, 0.5) is 11.6 Å². The van der Waals surface area contributed by atoms with E-state index in [0.717, 1.165) is 23.8 Å². The summed E-state index contributed by atoms with van der Waals surface area (Å²) in [7, 11) is 0. The summed E-state index contributed by atoms with van der Waals surface area (Å²) in [4.78, 5) is 9.12. The highest BCUT2D eigenvalue weighted by molar-refractivity contribution is 5.57. The topological polar surface area (TPSA) is 75.9 Å². The number of rotatable bonds is 5. The molecule has 112 valence electrons. The minimum absolute atomic E-state index is 0.283. The summed E-state index contributed by atoms with van der Waals surface area (Å²) in [5.41, 5.74) is 4.06. The number of aromatic nitrogens is 2. The van der Waals surface area contributed by atoms with Crippen molar-refractivity contribution in [2.45, 2.75) is 59.3 Å². The number of hydrogen-bond acceptors (Lipinski definition) is 5. The van der Waals surface area contributed by atoms with Gasteiger partial charge in [-0.2, -0.15) is 0 Å². The van der Waals surface area contributed by atoms with Crippen LogP contribution in [0.3, 0.4) is 0 Å². The van der Waals surface area contributed by atoms with Crippen LogP contribution in [0, 0.1) is 12.3 Å². The van der Waals surface area contributed by atoms with Crippen molar-refractivity contribution in [1.29, 1.82) is 0 Å². The highest BCUT2D eigenvalue weighted by Gasteiger charge is 2.28. The Morgan fingerprint density at radius 2 is 1.80 bits per heavy atom. The van der Waals surface area contributed by atoms with Gasteiger partial charge in [0.1, 0.15) is 17.5 Å². The first-order chi connectivity index (χ1) is 9.45. The van der Waals surface area contributed by atoms with Crippen molar-refractivity contribution < 1.29 is 0 Å². The van der Waals surface area contributed by atoms with Crippen molar-refractivity contribution in [1.82, 2.24) is 9.97 Å². The number of nitrogens with two attached hydrogens (primary N) is 1. The Morgan fingerprint density at radius 3 is 2.35 bits per heavy atom. The molecule has 1 fully saturated rings. The van der Waals surface area contributed by atoms with Crippen LogP contribution >= 0.6 is 0 Å². The molecule has 1 aromatic heterocycles. The van der Waals surface area contributed by atoms with Crippen molar-refractivity contribution in [2.75, 3.05) is 17.3 Å². The molecule has 2 rings (SSSR count). The Hall–Kier alpha value is -1.36. The van der Waals surface area contributed by atoms with E-state index in [0.29, 0.717) is 11.2 Å². The average Bonchev–Trinajstić information content (AvgIpc) is 2.84. The Bertz CT molecular complexity index is 464. The van der Waals surface area contributed by atoms with Crippen LogP contribution in [-0.4, -0.2) is 16.5 Å². The molecule has 1 aliphatic rings. The summed E-state index contributed by atoms with van der Waals surface area (Å²) in [6, 6.07) is 0. The van der Waals surface area contributed by atoms with Crippen LogP contribution in [0.15, 0.2) is 0 Å². The molecule has 1 aliphatic carbocycles. The number of hydrogen-bond donors (Lipinski definition) is 3. The van der Waals surface area contributed by atoms with Gasteiger partial charge in [-0.15, -0.1) is 0 Å². The number of nitrogens with zero attached hydrogens (tertiary/aromatic N) is 2. The maximum absolute atomic E-state index is 5.56. The van der Waals surface area contributed by atoms with Crippen LogP contribution < -0.4 is 16.6 Å². The monoisotopic (exact) mass is 277 g/mol. The molecule has 1 saturated carbocycles. The van der Waals surface area contributed by atoms with Crippen LogP contribution in [0.2, 0.25) is 0 Å². The van der Waals surface area contributed by atoms with Crippen molar-refractivity contribution in [3.8, 4) is 0 Å². The van der Waals surface area contributed by atoms with Crippen LogP contribution in [0.1, 0.15) is 63.8 Å². The fraction of sp³-hybridized carbons (Fsp3) is 0.733. The molecule has 0 amide bonds. The Kier molecular flexibility index (Phi) is 4.48. The Morgan fingerprint density at radius 1 is 1.20 bits per heavy atom. The molecule has 0 unspecified atom stereocenters. The number of hydrazine groups is 1. The minimum atomic E-state index is 0.283. The molecule has 5 nitrogen and oxygen atoms in total. The van der Waals surface area contributed by atoms with E-state index in [-0.39, 0.29) is 5.92 Å². The van der Waals surface area contributed by atoms with E-state index in [1.54, 1.807) is 0 Å². The summed E-state index contributed by atoms with van der Waals surface area (Å²) in [5, 5.41) is 3.52. The maximum atomic E-state index is 5.56. The first-order valence-corrected chi connectivity index (χ1v) is 7.54. The van der Waals surface area contributed by atoms with Gasteiger partial charge >= 0.3 is 0 Å². The zero-order valence-electron chi connectivity index (χ0n) is 13.1. The predicted octanol–water partition coefficient (Wildman–Crippen LogP) is 3.19. The van der Waals surface area contributed by atoms with E-state index in [9.17, 15) is 0 Å². The Labute approximate surface area is 121 Å². The zero-order chi connectivity index (χ0) is 14.8. The summed E-state index contributed by atoms with van der Waals surface area (Å²) >= 11 is 0. The van der Waals surface area contributed by atoms with Gasteiger partial charge in [0, 0.05) is 18.0 Å². The maximum Gasteiger partial charge on any atom is 0.148 e. The van der Waals surface area contributed by atoms with E-state index in [4.69, 9.17) is 5.84 Å². The molecule has 0 spiro atoms. The van der Waals surface area contributed by atoms with Gasteiger partial charge in [-0.1, -0.05) is 33.6 Å². The molecule has 0 bridgehead atoms. The molecular weight excluding hydrogens is 250 g/mol. The molecule has 0 aromatic carbocycles. The lowest BCUT2D eigenvalue weighted by molar-refractivity contribution is 0.361. The minimum Gasteiger partial charge on any atom is -0.369 e. The molecule has 4 N–H and O–H groups in total. The van der Waals surface area contributed by atoms with Crippen LogP contribution in [-0.2, 0) is 0 Å². The fourth-order valence-electron chi connectivity index (χ4n) is 2.81. The molecule has 0 atom stereocenters. The third-order valence-corrected chi connectivity index (χ3v) is 4.31. The molecule has 0 aliphatic heterocycles. The summed E-state index contributed by atoms with van der Waals surface area (Å²) < 4.78 is 0. The van der Waals surface area contributed by atoms with Crippen molar-refractivity contribution >= 4 is 11.6 Å². The first kappa shape index (κ1) is 15.0. The normalized spacial score (nSPS) is 17.5. The van der Waals surface area contributed by atoms with Gasteiger partial charge in [-0.25, -0.2) is 15.8 Å². The van der Waals surface area contributed by atoms with Crippen molar-refractivity contribution in [2.24, 2.45) is 11.3 Å². The van der Waals surface area contributed by atoms with E-state index in [1.807, 2.05) is 6.92 Å². The second-order valence-corrected chi connectivity index (χ2v) is 6.57. The lowest BCUT2D eigenvalue weighted by Crippen LogP contribution is -2.24. The predicted molar refractivity (Wildman–Crippen MR) is 83.7 cm³/mol. The highest BCUT2D eigenvalue weighted by Crippen LogP contribution is 2.37. The van der Waals surface area contributed by atoms with E-state index in [1.165, 1.54) is 25.7 Å². The molecule has 5 heteroatoms. The van der Waals surface area contributed by atoms with Gasteiger partial charge in [0.25, 0.3) is 0 Å².